The van der Waals surface area contributed by atoms with Crippen molar-refractivity contribution in [1.29, 1.82) is 0 Å². The molecule has 1 unspecified atom stereocenters. The molecule has 1 atom stereocenters. The second-order valence-corrected chi connectivity index (χ2v) is 8.48. The molecule has 0 saturated heterocycles. The van der Waals surface area contributed by atoms with E-state index in [0.717, 1.165) is 11.1 Å². The van der Waals surface area contributed by atoms with Gasteiger partial charge in [-0.2, -0.15) is 0 Å². The number of hydrazine groups is 1. The first kappa shape index (κ1) is 25.0. The topological polar surface area (TPSA) is 90.3 Å². The minimum absolute atomic E-state index is 0.294. The summed E-state index contributed by atoms with van der Waals surface area (Å²) in [6.07, 6.45) is -3.70. The molecule has 1 amide bonds. The fourth-order valence-corrected chi connectivity index (χ4v) is 2.95. The van der Waals surface area contributed by atoms with Crippen molar-refractivity contribution in [1.82, 2.24) is 25.6 Å². The lowest BCUT2D eigenvalue weighted by Crippen LogP contribution is -2.49. The van der Waals surface area contributed by atoms with E-state index in [2.05, 4.69) is 25.7 Å². The Balaban J connectivity index is 1.66. The first-order valence-corrected chi connectivity index (χ1v) is 10.6. The lowest BCUT2D eigenvalue weighted by atomic mass is 10.0. The van der Waals surface area contributed by atoms with Gasteiger partial charge in [-0.1, -0.05) is 31.2 Å². The second-order valence-electron chi connectivity index (χ2n) is 8.48. The highest BCUT2D eigenvalue weighted by Gasteiger charge is 2.31. The minimum atomic E-state index is -4.75. The number of nitrogens with one attached hydrogen (secondary N) is 2. The van der Waals surface area contributed by atoms with Gasteiger partial charge < -0.3 is 9.47 Å². The number of carbonyl (C=O) groups is 1. The summed E-state index contributed by atoms with van der Waals surface area (Å²) in [6.45, 7) is 7.65. The molecule has 1 aromatic heterocycles. The van der Waals surface area contributed by atoms with Crippen molar-refractivity contribution >= 4 is 6.09 Å². The van der Waals surface area contributed by atoms with Crippen LogP contribution in [-0.2, 0) is 4.74 Å². The fraction of sp³-hybridized carbons (Fsp3) is 0.348. The monoisotopic (exact) mass is 477 g/mol. The summed E-state index contributed by atoms with van der Waals surface area (Å²) < 4.78 is 47.8. The third kappa shape index (κ3) is 7.20. The fourth-order valence-electron chi connectivity index (χ4n) is 2.95. The highest BCUT2D eigenvalue weighted by atomic mass is 19.4. The molecule has 2 N–H and O–H groups in total. The normalized spacial score (nSPS) is 12.8. The molecule has 2 aromatic carbocycles. The standard InChI is InChI=1S/C23H26F3N5O3/c1-5-19(33-21(32)28-30-22(2,3)4)15-6-8-16(9-7-15)20-27-14-31(29-20)17-10-12-18(13-11-17)34-23(24,25)26/h6-14,19,30H,5H2,1-4H3,(H,28,32). The molecule has 34 heavy (non-hydrogen) atoms. The van der Waals surface area contributed by atoms with E-state index in [1.54, 1.807) is 0 Å². The Morgan fingerprint density at radius 3 is 2.26 bits per heavy atom. The van der Waals surface area contributed by atoms with Crippen molar-refractivity contribution in [3.05, 3.63) is 60.4 Å². The number of aromatic nitrogens is 3. The quantitative estimate of drug-likeness (QED) is 0.448. The molecular weight excluding hydrogens is 451 g/mol. The molecule has 3 rings (SSSR count). The zero-order valence-electron chi connectivity index (χ0n) is 19.2. The van der Waals surface area contributed by atoms with E-state index in [4.69, 9.17) is 4.74 Å². The molecule has 0 aliphatic rings. The third-order valence-electron chi connectivity index (χ3n) is 4.53. The van der Waals surface area contributed by atoms with E-state index in [0.29, 0.717) is 17.9 Å². The van der Waals surface area contributed by atoms with Gasteiger partial charge in [0.05, 0.1) is 5.69 Å². The van der Waals surface area contributed by atoms with Crippen LogP contribution in [0.25, 0.3) is 17.1 Å². The molecule has 3 aromatic rings. The average Bonchev–Trinajstić information content (AvgIpc) is 3.25. The van der Waals surface area contributed by atoms with Gasteiger partial charge >= 0.3 is 12.5 Å². The average molecular weight is 477 g/mol. The molecule has 0 aliphatic heterocycles. The summed E-state index contributed by atoms with van der Waals surface area (Å²) >= 11 is 0. The summed E-state index contributed by atoms with van der Waals surface area (Å²) in [5.41, 5.74) is 7.17. The van der Waals surface area contributed by atoms with Gasteiger partial charge in [-0.3, -0.25) is 5.43 Å². The number of carbonyl (C=O) groups excluding carboxylic acids is 1. The smallest absolute Gasteiger partial charge is 0.440 e. The number of ether oxygens (including phenoxy) is 2. The largest absolute Gasteiger partial charge is 0.573 e. The third-order valence-corrected chi connectivity index (χ3v) is 4.53. The van der Waals surface area contributed by atoms with E-state index in [1.807, 2.05) is 52.0 Å². The summed E-state index contributed by atoms with van der Waals surface area (Å²) in [6, 6.07) is 12.6. The summed E-state index contributed by atoms with van der Waals surface area (Å²) in [5, 5.41) is 4.38. The molecule has 8 nitrogen and oxygen atoms in total. The minimum Gasteiger partial charge on any atom is -0.440 e. The van der Waals surface area contributed by atoms with Gasteiger partial charge in [-0.15, -0.1) is 18.3 Å². The van der Waals surface area contributed by atoms with E-state index in [-0.39, 0.29) is 11.3 Å². The van der Waals surface area contributed by atoms with Crippen LogP contribution in [0.2, 0.25) is 0 Å². The van der Waals surface area contributed by atoms with Gasteiger partial charge in [0, 0.05) is 11.1 Å². The maximum atomic E-state index is 12.3. The number of benzene rings is 2. The zero-order chi connectivity index (χ0) is 24.9. The molecule has 0 bridgehead atoms. The van der Waals surface area contributed by atoms with Gasteiger partial charge in [0.2, 0.25) is 0 Å². The molecule has 1 heterocycles. The first-order valence-electron chi connectivity index (χ1n) is 10.6. The van der Waals surface area contributed by atoms with E-state index in [9.17, 15) is 18.0 Å². The van der Waals surface area contributed by atoms with Crippen molar-refractivity contribution in [3.8, 4) is 22.8 Å². The van der Waals surface area contributed by atoms with Crippen molar-refractivity contribution in [2.75, 3.05) is 0 Å². The molecular formula is C23H26F3N5O3. The maximum absolute atomic E-state index is 12.3. The number of hydrogen-bond donors (Lipinski definition) is 2. The lowest BCUT2D eigenvalue weighted by molar-refractivity contribution is -0.274. The molecule has 11 heteroatoms. The van der Waals surface area contributed by atoms with Gasteiger partial charge in [0.25, 0.3) is 0 Å². The molecule has 0 spiro atoms. The number of amides is 1. The predicted molar refractivity (Wildman–Crippen MR) is 119 cm³/mol. The van der Waals surface area contributed by atoms with Crippen LogP contribution in [0, 0.1) is 0 Å². The molecule has 0 saturated carbocycles. The number of nitrogens with zero attached hydrogens (tertiary/aromatic N) is 3. The van der Waals surface area contributed by atoms with Gasteiger partial charge in [-0.05, 0) is 57.0 Å². The van der Waals surface area contributed by atoms with Crippen LogP contribution in [0.15, 0.2) is 54.9 Å². The Labute approximate surface area is 195 Å². The Morgan fingerprint density at radius 2 is 1.71 bits per heavy atom. The predicted octanol–water partition coefficient (Wildman–Crippen LogP) is 5.31. The number of hydrogen-bond acceptors (Lipinski definition) is 6. The molecule has 182 valence electrons. The Morgan fingerprint density at radius 1 is 1.06 bits per heavy atom. The first-order chi connectivity index (χ1) is 15.9. The maximum Gasteiger partial charge on any atom is 0.573 e. The van der Waals surface area contributed by atoms with Crippen LogP contribution >= 0.6 is 0 Å². The Bertz CT molecular complexity index is 1090. The van der Waals surface area contributed by atoms with Crippen LogP contribution in [0.1, 0.15) is 45.8 Å². The molecule has 0 fully saturated rings. The number of rotatable bonds is 7. The van der Waals surface area contributed by atoms with Gasteiger partial charge in [-0.25, -0.2) is 19.9 Å². The van der Waals surface area contributed by atoms with Crippen molar-refractivity contribution in [3.63, 3.8) is 0 Å². The molecule has 0 aliphatic carbocycles. The summed E-state index contributed by atoms with van der Waals surface area (Å²) in [7, 11) is 0. The van der Waals surface area contributed by atoms with Gasteiger partial charge in [0.15, 0.2) is 5.82 Å². The van der Waals surface area contributed by atoms with E-state index < -0.39 is 18.6 Å². The van der Waals surface area contributed by atoms with Crippen LogP contribution in [0.3, 0.4) is 0 Å². The van der Waals surface area contributed by atoms with Crippen LogP contribution in [0.4, 0.5) is 18.0 Å². The second kappa shape index (κ2) is 10.1. The highest BCUT2D eigenvalue weighted by Crippen LogP contribution is 2.26. The van der Waals surface area contributed by atoms with Crippen LogP contribution in [-0.4, -0.2) is 32.8 Å². The van der Waals surface area contributed by atoms with Crippen molar-refractivity contribution in [2.45, 2.75) is 52.1 Å². The molecule has 0 radical (unpaired) electrons. The van der Waals surface area contributed by atoms with E-state index >= 15 is 0 Å². The SMILES string of the molecule is CCC(OC(=O)NNC(C)(C)C)c1ccc(-c2ncn(-c3ccc(OC(F)(F)F)cc3)n2)cc1. The van der Waals surface area contributed by atoms with Gasteiger partial charge in [0.1, 0.15) is 18.2 Å². The Hall–Kier alpha value is -3.60. The van der Waals surface area contributed by atoms with Crippen molar-refractivity contribution in [2.24, 2.45) is 0 Å². The summed E-state index contributed by atoms with van der Waals surface area (Å²) in [5.74, 6) is 0.117. The number of halogens is 3. The van der Waals surface area contributed by atoms with Crippen molar-refractivity contribution < 1.29 is 27.4 Å². The lowest BCUT2D eigenvalue weighted by Gasteiger charge is -2.22. The highest BCUT2D eigenvalue weighted by molar-refractivity contribution is 5.67. The Kier molecular flexibility index (Phi) is 7.45. The van der Waals surface area contributed by atoms with E-state index in [1.165, 1.54) is 35.3 Å². The van der Waals surface area contributed by atoms with Crippen LogP contribution < -0.4 is 15.6 Å². The summed E-state index contributed by atoms with van der Waals surface area (Å²) in [4.78, 5) is 16.3. The van der Waals surface area contributed by atoms with Crippen LogP contribution in [0.5, 0.6) is 5.75 Å². The zero-order valence-corrected chi connectivity index (χ0v) is 19.2. The number of alkyl halides is 3.